The van der Waals surface area contributed by atoms with E-state index in [2.05, 4.69) is 19.6 Å². The van der Waals surface area contributed by atoms with Gasteiger partial charge in [0, 0.05) is 6.92 Å². The number of hydrogen-bond donors (Lipinski definition) is 1. The van der Waals surface area contributed by atoms with Crippen LogP contribution in [0.4, 0.5) is 8.78 Å². The van der Waals surface area contributed by atoms with Gasteiger partial charge in [0.05, 0.1) is 10.9 Å². The first-order valence-electron chi connectivity index (χ1n) is 8.39. The number of fused-ring (bicyclic) bond motifs is 1. The quantitative estimate of drug-likeness (QED) is 0.767. The third-order valence-electron chi connectivity index (χ3n) is 4.20. The summed E-state index contributed by atoms with van der Waals surface area (Å²) in [6.45, 7) is 0.542. The monoisotopic (exact) mass is 399 g/mol. The summed E-state index contributed by atoms with van der Waals surface area (Å²) in [5.41, 5.74) is 1.42. The number of allylic oxidation sites excluding steroid dienone is 1. The maximum absolute atomic E-state index is 12.8. The molecular weight excluding hydrogens is 380 g/mol. The molecule has 0 radical (unpaired) electrons. The van der Waals surface area contributed by atoms with Crippen molar-refractivity contribution in [3.8, 4) is 5.75 Å². The zero-order valence-corrected chi connectivity index (χ0v) is 15.6. The van der Waals surface area contributed by atoms with Crippen molar-refractivity contribution in [1.82, 2.24) is 14.9 Å². The Morgan fingerprint density at radius 1 is 1.33 bits per heavy atom. The molecule has 0 bridgehead atoms. The third-order valence-corrected chi connectivity index (χ3v) is 5.81. The average Bonchev–Trinajstić information content (AvgIpc) is 3.05. The fourth-order valence-electron chi connectivity index (χ4n) is 2.87. The van der Waals surface area contributed by atoms with E-state index in [-0.39, 0.29) is 22.9 Å². The number of rotatable bonds is 7. The number of aromatic nitrogens is 2. The van der Waals surface area contributed by atoms with Crippen LogP contribution in [0.2, 0.25) is 0 Å². The lowest BCUT2D eigenvalue weighted by atomic mass is 9.97. The van der Waals surface area contributed by atoms with Gasteiger partial charge in [-0.15, -0.1) is 0 Å². The molecule has 0 saturated carbocycles. The zero-order chi connectivity index (χ0) is 19.6. The average molecular weight is 399 g/mol. The fraction of sp³-hybridized carbons (Fsp3) is 0.412. The maximum atomic E-state index is 12.8. The molecular formula is C17H19F2N3O4S. The molecule has 1 atom stereocenters. The van der Waals surface area contributed by atoms with E-state index in [0.29, 0.717) is 24.3 Å². The summed E-state index contributed by atoms with van der Waals surface area (Å²) >= 11 is 0. The summed E-state index contributed by atoms with van der Waals surface area (Å²) in [6, 6.07) is 3.87. The van der Waals surface area contributed by atoms with Crippen LogP contribution >= 0.6 is 0 Å². The summed E-state index contributed by atoms with van der Waals surface area (Å²) in [7, 11) is -3.77. The summed E-state index contributed by atoms with van der Waals surface area (Å²) in [4.78, 5) is 4.30. The molecule has 0 spiro atoms. The van der Waals surface area contributed by atoms with Crippen LogP contribution in [0.1, 0.15) is 48.6 Å². The number of aryl methyl sites for hydroxylation is 2. The predicted octanol–water partition coefficient (Wildman–Crippen LogP) is 3.34. The molecule has 1 aromatic carbocycles. The molecule has 7 nitrogen and oxygen atoms in total. The number of halogens is 2. The van der Waals surface area contributed by atoms with Crippen LogP contribution in [0.15, 0.2) is 27.6 Å². The topological polar surface area (TPSA) is 94.3 Å². The highest BCUT2D eigenvalue weighted by Crippen LogP contribution is 2.31. The SMILES string of the molecule is CCC(NS(=O)(=O)C1=Cc2ccc(OC(F)F)cc2CC1)c1noc(C)n1. The molecule has 0 saturated heterocycles. The molecule has 1 aromatic heterocycles. The van der Waals surface area contributed by atoms with Crippen molar-refractivity contribution in [2.45, 2.75) is 45.8 Å². The van der Waals surface area contributed by atoms with Gasteiger partial charge in [0.25, 0.3) is 0 Å². The molecule has 3 rings (SSSR count). The fourth-order valence-corrected chi connectivity index (χ4v) is 4.32. The maximum Gasteiger partial charge on any atom is 0.387 e. The minimum atomic E-state index is -3.77. The van der Waals surface area contributed by atoms with E-state index in [1.165, 1.54) is 12.1 Å². The Kier molecular flexibility index (Phi) is 5.56. The van der Waals surface area contributed by atoms with E-state index in [1.54, 1.807) is 19.1 Å². The van der Waals surface area contributed by atoms with Crippen molar-refractivity contribution in [1.29, 1.82) is 0 Å². The lowest BCUT2D eigenvalue weighted by molar-refractivity contribution is -0.0498. The Bertz CT molecular complexity index is 957. The number of nitrogens with zero attached hydrogens (tertiary/aromatic N) is 2. The first-order valence-corrected chi connectivity index (χ1v) is 9.87. The normalized spacial score (nSPS) is 15.4. The number of ether oxygens (including phenoxy) is 1. The van der Waals surface area contributed by atoms with Crippen molar-refractivity contribution in [3.63, 3.8) is 0 Å². The van der Waals surface area contributed by atoms with Gasteiger partial charge in [0.2, 0.25) is 15.9 Å². The van der Waals surface area contributed by atoms with Crippen molar-refractivity contribution in [2.75, 3.05) is 0 Å². The van der Waals surface area contributed by atoms with E-state index in [0.717, 1.165) is 5.56 Å². The highest BCUT2D eigenvalue weighted by atomic mass is 32.2. The van der Waals surface area contributed by atoms with Crippen LogP contribution in [-0.2, 0) is 16.4 Å². The van der Waals surface area contributed by atoms with Gasteiger partial charge in [0.15, 0.2) is 5.82 Å². The van der Waals surface area contributed by atoms with Gasteiger partial charge in [-0.3, -0.25) is 0 Å². The van der Waals surface area contributed by atoms with E-state index in [9.17, 15) is 17.2 Å². The second-order valence-electron chi connectivity index (χ2n) is 6.10. The van der Waals surface area contributed by atoms with Gasteiger partial charge in [0.1, 0.15) is 5.75 Å². The standard InChI is InChI=1S/C17H19F2N3O4S/c1-3-15(16-20-10(2)26-21-16)22-27(23,24)14-7-5-11-8-13(25-17(18)19)6-4-12(11)9-14/h4,6,8-9,15,17,22H,3,5,7H2,1-2H3. The van der Waals surface area contributed by atoms with Gasteiger partial charge >= 0.3 is 6.61 Å². The molecule has 1 unspecified atom stereocenters. The molecule has 0 aliphatic heterocycles. The molecule has 1 N–H and O–H groups in total. The Labute approximate surface area is 155 Å². The van der Waals surface area contributed by atoms with Crippen LogP contribution in [-0.4, -0.2) is 25.2 Å². The molecule has 27 heavy (non-hydrogen) atoms. The van der Waals surface area contributed by atoms with Crippen molar-refractivity contribution in [2.24, 2.45) is 0 Å². The van der Waals surface area contributed by atoms with E-state index in [4.69, 9.17) is 4.52 Å². The first kappa shape index (κ1) is 19.4. The minimum absolute atomic E-state index is 0.0557. The molecule has 0 amide bonds. The van der Waals surface area contributed by atoms with Crippen LogP contribution in [0.3, 0.4) is 0 Å². The van der Waals surface area contributed by atoms with Crippen LogP contribution in [0.5, 0.6) is 5.75 Å². The summed E-state index contributed by atoms with van der Waals surface area (Å²) in [5.74, 6) is 0.694. The molecule has 1 aliphatic carbocycles. The number of nitrogens with one attached hydrogen (secondary N) is 1. The Morgan fingerprint density at radius 2 is 2.11 bits per heavy atom. The van der Waals surface area contributed by atoms with Gasteiger partial charge < -0.3 is 9.26 Å². The highest BCUT2D eigenvalue weighted by molar-refractivity contribution is 7.93. The third kappa shape index (κ3) is 4.51. The molecule has 10 heteroatoms. The van der Waals surface area contributed by atoms with Crippen molar-refractivity contribution < 1.29 is 26.5 Å². The summed E-state index contributed by atoms with van der Waals surface area (Å²) in [5, 5.41) is 3.78. The van der Waals surface area contributed by atoms with E-state index >= 15 is 0 Å². The van der Waals surface area contributed by atoms with Crippen LogP contribution in [0.25, 0.3) is 6.08 Å². The second-order valence-corrected chi connectivity index (χ2v) is 7.87. The molecule has 1 heterocycles. The predicted molar refractivity (Wildman–Crippen MR) is 93.5 cm³/mol. The molecule has 1 aliphatic rings. The number of hydrogen-bond acceptors (Lipinski definition) is 6. The second kappa shape index (κ2) is 7.73. The smallest absolute Gasteiger partial charge is 0.387 e. The summed E-state index contributed by atoms with van der Waals surface area (Å²) in [6.07, 6.45) is 2.65. The Balaban J connectivity index is 1.82. The van der Waals surface area contributed by atoms with Crippen molar-refractivity contribution in [3.05, 3.63) is 45.9 Å². The summed E-state index contributed by atoms with van der Waals surface area (Å²) < 4.78 is 62.1. The van der Waals surface area contributed by atoms with Crippen LogP contribution in [0, 0.1) is 6.92 Å². The van der Waals surface area contributed by atoms with E-state index in [1.807, 2.05) is 6.92 Å². The zero-order valence-electron chi connectivity index (χ0n) is 14.8. The lowest BCUT2D eigenvalue weighted by Crippen LogP contribution is -2.30. The number of benzene rings is 1. The highest BCUT2D eigenvalue weighted by Gasteiger charge is 2.27. The largest absolute Gasteiger partial charge is 0.435 e. The van der Waals surface area contributed by atoms with Crippen LogP contribution < -0.4 is 9.46 Å². The Morgan fingerprint density at radius 3 is 2.74 bits per heavy atom. The van der Waals surface area contributed by atoms with Gasteiger partial charge in [-0.25, -0.2) is 13.1 Å². The van der Waals surface area contributed by atoms with E-state index < -0.39 is 22.7 Å². The van der Waals surface area contributed by atoms with Gasteiger partial charge in [-0.1, -0.05) is 18.1 Å². The first-order chi connectivity index (χ1) is 12.8. The lowest BCUT2D eigenvalue weighted by Gasteiger charge is -2.20. The molecule has 2 aromatic rings. The minimum Gasteiger partial charge on any atom is -0.435 e. The van der Waals surface area contributed by atoms with Gasteiger partial charge in [-0.2, -0.15) is 13.8 Å². The van der Waals surface area contributed by atoms with Gasteiger partial charge in [-0.05, 0) is 48.6 Å². The number of alkyl halides is 2. The molecule has 0 fully saturated rings. The molecule has 146 valence electrons. The number of sulfonamides is 1. The Hall–Kier alpha value is -2.33. The van der Waals surface area contributed by atoms with Crippen molar-refractivity contribution >= 4 is 16.1 Å².